The molecule has 7 nitrogen and oxygen atoms in total. The molecule has 0 unspecified atom stereocenters. The molecule has 3 aromatic rings. The molecule has 0 radical (unpaired) electrons. The molecule has 0 bridgehead atoms. The number of anilines is 3. The summed E-state index contributed by atoms with van der Waals surface area (Å²) in [5, 5.41) is 10.0. The van der Waals surface area contributed by atoms with E-state index in [1.165, 1.54) is 0 Å². The van der Waals surface area contributed by atoms with Crippen LogP contribution in [-0.4, -0.2) is 56.4 Å². The van der Waals surface area contributed by atoms with Gasteiger partial charge >= 0.3 is 5.97 Å². The predicted octanol–water partition coefficient (Wildman–Crippen LogP) is 4.91. The summed E-state index contributed by atoms with van der Waals surface area (Å²) in [4.78, 5) is 31.8. The van der Waals surface area contributed by atoms with Crippen LogP contribution in [0.2, 0.25) is 0 Å². The highest BCUT2D eigenvalue weighted by molar-refractivity contribution is 6.07. The summed E-state index contributed by atoms with van der Waals surface area (Å²) in [5.41, 5.74) is 4.01. The molecular weight excluding hydrogens is 454 g/mol. The maximum absolute atomic E-state index is 13.6. The molecule has 1 N–H and O–H groups in total. The van der Waals surface area contributed by atoms with E-state index >= 15 is 0 Å². The maximum atomic E-state index is 13.6. The third-order valence-corrected chi connectivity index (χ3v) is 6.55. The first kappa shape index (κ1) is 25.3. The summed E-state index contributed by atoms with van der Waals surface area (Å²) in [7, 11) is 0. The summed E-state index contributed by atoms with van der Waals surface area (Å²) in [6.07, 6.45) is 0. The number of carboxylic acids is 1. The van der Waals surface area contributed by atoms with Crippen LogP contribution in [0.4, 0.5) is 17.1 Å². The molecule has 1 saturated heterocycles. The van der Waals surface area contributed by atoms with Crippen molar-refractivity contribution in [3.63, 3.8) is 0 Å². The van der Waals surface area contributed by atoms with Crippen LogP contribution >= 0.6 is 0 Å². The van der Waals surface area contributed by atoms with Gasteiger partial charge in [0.05, 0.1) is 31.0 Å². The van der Waals surface area contributed by atoms with E-state index in [0.717, 1.165) is 24.3 Å². The third-order valence-electron chi connectivity index (χ3n) is 6.55. The molecule has 1 heterocycles. The van der Waals surface area contributed by atoms with Gasteiger partial charge in [-0.1, -0.05) is 30.3 Å². The maximum Gasteiger partial charge on any atom is 0.337 e. The zero-order valence-corrected chi connectivity index (χ0v) is 20.9. The lowest BCUT2D eigenvalue weighted by Gasteiger charge is -2.31. The van der Waals surface area contributed by atoms with E-state index in [-0.39, 0.29) is 11.5 Å². The fourth-order valence-corrected chi connectivity index (χ4v) is 4.54. The van der Waals surface area contributed by atoms with Crippen LogP contribution in [0.25, 0.3) is 0 Å². The van der Waals surface area contributed by atoms with E-state index in [0.29, 0.717) is 49.8 Å². The Hall–Kier alpha value is -3.84. The van der Waals surface area contributed by atoms with E-state index in [9.17, 15) is 14.7 Å². The molecule has 36 heavy (non-hydrogen) atoms. The summed E-state index contributed by atoms with van der Waals surface area (Å²) < 4.78 is 5.42. The van der Waals surface area contributed by atoms with Gasteiger partial charge in [-0.15, -0.1) is 0 Å². The molecule has 0 saturated carbocycles. The molecular formula is C29H33N3O4. The first-order valence-electron chi connectivity index (χ1n) is 12.4. The molecule has 0 aromatic heterocycles. The standard InChI is InChI=1S/C29H33N3O4/c1-3-30(4-2)24-12-10-22(11-13-24)21-32(28(33)23-8-6-5-7-9-23)25-14-15-27(26(20-25)29(34)35)31-16-18-36-19-17-31/h5-15,20H,3-4,16-19,21H2,1-2H3,(H,34,35). The highest BCUT2D eigenvalue weighted by Gasteiger charge is 2.23. The second kappa shape index (κ2) is 11.7. The Bertz CT molecular complexity index is 1170. The molecule has 0 aliphatic carbocycles. The molecule has 1 aliphatic rings. The number of carboxylic acid groups (broad SMARTS) is 1. The highest BCUT2D eigenvalue weighted by atomic mass is 16.5. The zero-order valence-electron chi connectivity index (χ0n) is 20.9. The van der Waals surface area contributed by atoms with Gasteiger partial charge in [0.2, 0.25) is 0 Å². The number of rotatable bonds is 9. The van der Waals surface area contributed by atoms with Crippen LogP contribution in [0.5, 0.6) is 0 Å². The number of ether oxygens (including phenoxy) is 1. The number of hydrogen-bond donors (Lipinski definition) is 1. The van der Waals surface area contributed by atoms with Crippen LogP contribution in [0.15, 0.2) is 72.8 Å². The Morgan fingerprint density at radius 3 is 2.14 bits per heavy atom. The number of aromatic carboxylic acids is 1. The Morgan fingerprint density at radius 2 is 1.53 bits per heavy atom. The monoisotopic (exact) mass is 487 g/mol. The van der Waals surface area contributed by atoms with Crippen molar-refractivity contribution < 1.29 is 19.4 Å². The fourth-order valence-electron chi connectivity index (χ4n) is 4.54. The second-order valence-corrected chi connectivity index (χ2v) is 8.70. The molecule has 1 aliphatic heterocycles. The largest absolute Gasteiger partial charge is 0.478 e. The first-order valence-corrected chi connectivity index (χ1v) is 12.4. The van der Waals surface area contributed by atoms with Crippen molar-refractivity contribution >= 4 is 28.9 Å². The Kier molecular flexibility index (Phi) is 8.23. The fraction of sp³-hybridized carbons (Fsp3) is 0.310. The minimum absolute atomic E-state index is 0.178. The number of carbonyl (C=O) groups excluding carboxylic acids is 1. The average Bonchev–Trinajstić information content (AvgIpc) is 2.93. The van der Waals surface area contributed by atoms with Gasteiger partial charge in [-0.3, -0.25) is 4.79 Å². The van der Waals surface area contributed by atoms with Gasteiger partial charge in [-0.25, -0.2) is 4.79 Å². The average molecular weight is 488 g/mol. The molecule has 1 amide bonds. The summed E-state index contributed by atoms with van der Waals surface area (Å²) in [5.74, 6) is -1.20. The quantitative estimate of drug-likeness (QED) is 0.462. The van der Waals surface area contributed by atoms with Gasteiger partial charge in [0.25, 0.3) is 5.91 Å². The van der Waals surface area contributed by atoms with Gasteiger partial charge in [-0.2, -0.15) is 0 Å². The van der Waals surface area contributed by atoms with Crippen molar-refractivity contribution in [3.8, 4) is 0 Å². The topological polar surface area (TPSA) is 73.3 Å². The van der Waals surface area contributed by atoms with Crippen molar-refractivity contribution in [3.05, 3.63) is 89.5 Å². The molecule has 0 atom stereocenters. The Labute approximate surface area is 212 Å². The van der Waals surface area contributed by atoms with Gasteiger partial charge in [0.1, 0.15) is 0 Å². The third kappa shape index (κ3) is 5.69. The van der Waals surface area contributed by atoms with Gasteiger partial charge in [-0.05, 0) is 61.9 Å². The van der Waals surface area contributed by atoms with Crippen LogP contribution in [0, 0.1) is 0 Å². The molecule has 7 heteroatoms. The minimum atomic E-state index is -1.02. The van der Waals surface area contributed by atoms with Crippen molar-refractivity contribution in [1.82, 2.24) is 0 Å². The van der Waals surface area contributed by atoms with E-state index < -0.39 is 5.97 Å². The van der Waals surface area contributed by atoms with Crippen molar-refractivity contribution in [2.45, 2.75) is 20.4 Å². The number of amides is 1. The molecule has 1 fully saturated rings. The van der Waals surface area contributed by atoms with E-state index in [4.69, 9.17) is 4.74 Å². The lowest BCUT2D eigenvalue weighted by atomic mass is 10.1. The van der Waals surface area contributed by atoms with E-state index in [1.54, 1.807) is 29.2 Å². The molecule has 3 aromatic carbocycles. The van der Waals surface area contributed by atoms with Gasteiger partial charge in [0, 0.05) is 43.1 Å². The van der Waals surface area contributed by atoms with Crippen LogP contribution in [0.1, 0.15) is 40.1 Å². The van der Waals surface area contributed by atoms with Crippen LogP contribution in [-0.2, 0) is 11.3 Å². The number of hydrogen-bond acceptors (Lipinski definition) is 5. The number of morpholine rings is 1. The molecule has 0 spiro atoms. The Morgan fingerprint density at radius 1 is 0.889 bits per heavy atom. The lowest BCUT2D eigenvalue weighted by molar-refractivity contribution is 0.0696. The van der Waals surface area contributed by atoms with Crippen molar-refractivity contribution in [2.75, 3.05) is 54.1 Å². The van der Waals surface area contributed by atoms with Gasteiger partial charge < -0.3 is 24.5 Å². The molecule has 188 valence electrons. The number of nitrogens with zero attached hydrogens (tertiary/aromatic N) is 3. The Balaban J connectivity index is 1.70. The summed E-state index contributed by atoms with van der Waals surface area (Å²) >= 11 is 0. The van der Waals surface area contributed by atoms with Crippen LogP contribution in [0.3, 0.4) is 0 Å². The summed E-state index contributed by atoms with van der Waals surface area (Å²) in [6.45, 7) is 8.78. The summed E-state index contributed by atoms with van der Waals surface area (Å²) in [6, 6.07) is 22.5. The van der Waals surface area contributed by atoms with Gasteiger partial charge in [0.15, 0.2) is 0 Å². The van der Waals surface area contributed by atoms with E-state index in [2.05, 4.69) is 30.9 Å². The van der Waals surface area contributed by atoms with E-state index in [1.807, 2.05) is 41.3 Å². The SMILES string of the molecule is CCN(CC)c1ccc(CN(C(=O)c2ccccc2)c2ccc(N3CCOCC3)c(C(=O)O)c2)cc1. The van der Waals surface area contributed by atoms with Crippen molar-refractivity contribution in [1.29, 1.82) is 0 Å². The smallest absolute Gasteiger partial charge is 0.337 e. The normalized spacial score (nSPS) is 13.3. The highest BCUT2D eigenvalue weighted by Crippen LogP contribution is 2.29. The first-order chi connectivity index (χ1) is 17.5. The number of carbonyl (C=O) groups is 2. The predicted molar refractivity (Wildman–Crippen MR) is 143 cm³/mol. The zero-order chi connectivity index (χ0) is 25.5. The second-order valence-electron chi connectivity index (χ2n) is 8.70. The van der Waals surface area contributed by atoms with Crippen LogP contribution < -0.4 is 14.7 Å². The number of benzene rings is 3. The molecule has 4 rings (SSSR count). The van der Waals surface area contributed by atoms with Crippen molar-refractivity contribution in [2.24, 2.45) is 0 Å². The lowest BCUT2D eigenvalue weighted by Crippen LogP contribution is -2.37. The minimum Gasteiger partial charge on any atom is -0.478 e.